The van der Waals surface area contributed by atoms with E-state index in [4.69, 9.17) is 9.26 Å². The predicted octanol–water partition coefficient (Wildman–Crippen LogP) is 0.816. The third-order valence-corrected chi connectivity index (χ3v) is 2.71. The van der Waals surface area contributed by atoms with E-state index < -0.39 is 11.5 Å². The molecule has 0 bridgehead atoms. The third kappa shape index (κ3) is 2.55. The first-order valence-corrected chi connectivity index (χ1v) is 6.13. The van der Waals surface area contributed by atoms with Gasteiger partial charge in [-0.1, -0.05) is 5.16 Å². The first kappa shape index (κ1) is 14.2. The predicted molar refractivity (Wildman–Crippen MR) is 68.8 cm³/mol. The van der Waals surface area contributed by atoms with Crippen molar-refractivity contribution in [2.24, 2.45) is 0 Å². The van der Waals surface area contributed by atoms with Crippen LogP contribution in [0.1, 0.15) is 30.1 Å². The summed E-state index contributed by atoms with van der Waals surface area (Å²) in [7, 11) is 0. The van der Waals surface area contributed by atoms with E-state index in [1.54, 1.807) is 0 Å². The fourth-order valence-electron chi connectivity index (χ4n) is 1.81. The van der Waals surface area contributed by atoms with Gasteiger partial charge in [-0.3, -0.25) is 4.79 Å². The second-order valence-electron chi connectivity index (χ2n) is 4.56. The van der Waals surface area contributed by atoms with Crippen LogP contribution in [0.3, 0.4) is 0 Å². The molecule has 0 aliphatic rings. The van der Waals surface area contributed by atoms with Crippen molar-refractivity contribution in [2.45, 2.75) is 33.4 Å². The van der Waals surface area contributed by atoms with E-state index in [1.165, 1.54) is 6.92 Å². The van der Waals surface area contributed by atoms with E-state index in [9.17, 15) is 14.7 Å². The molecule has 0 fully saturated rings. The number of hydrogen-bond acceptors (Lipinski definition) is 6. The van der Waals surface area contributed by atoms with Gasteiger partial charge < -0.3 is 14.4 Å². The molecular formula is C12H15N3O5. The Labute approximate surface area is 113 Å². The van der Waals surface area contributed by atoms with Crippen LogP contribution in [0.25, 0.3) is 10.9 Å². The average molecular weight is 281 g/mol. The topological polar surface area (TPSA) is 107 Å². The van der Waals surface area contributed by atoms with Crippen LogP contribution >= 0.6 is 0 Å². The van der Waals surface area contributed by atoms with Crippen molar-refractivity contribution in [3.63, 3.8) is 0 Å². The molecule has 2 aromatic rings. The lowest BCUT2D eigenvalue weighted by molar-refractivity contribution is 0.0662. The summed E-state index contributed by atoms with van der Waals surface area (Å²) in [4.78, 5) is 23.4. The van der Waals surface area contributed by atoms with Gasteiger partial charge >= 0.3 is 5.97 Å². The van der Waals surface area contributed by atoms with Gasteiger partial charge in [-0.15, -0.1) is 0 Å². The number of ether oxygens (including phenoxy) is 1. The molecule has 0 saturated heterocycles. The second-order valence-corrected chi connectivity index (χ2v) is 4.56. The molecule has 108 valence electrons. The van der Waals surface area contributed by atoms with Crippen LogP contribution in [0.5, 0.6) is 0 Å². The highest BCUT2D eigenvalue weighted by molar-refractivity contribution is 6.00. The van der Waals surface area contributed by atoms with Crippen LogP contribution in [0.4, 0.5) is 0 Å². The summed E-state index contributed by atoms with van der Waals surface area (Å²) < 4.78 is 11.3. The molecule has 0 radical (unpaired) electrons. The number of carbonyl (C=O) groups is 1. The summed E-state index contributed by atoms with van der Waals surface area (Å²) in [6, 6.07) is 0. The highest BCUT2D eigenvalue weighted by Gasteiger charge is 2.21. The molecule has 0 aliphatic heterocycles. The van der Waals surface area contributed by atoms with Gasteiger partial charge in [0.05, 0.1) is 24.6 Å². The second kappa shape index (κ2) is 5.41. The molecule has 0 unspecified atom stereocenters. The number of fused-ring (bicyclic) bond motifs is 1. The average Bonchev–Trinajstić information content (AvgIpc) is 2.74. The zero-order valence-electron chi connectivity index (χ0n) is 11.4. The summed E-state index contributed by atoms with van der Waals surface area (Å²) in [6.45, 7) is 5.67. The zero-order valence-corrected chi connectivity index (χ0v) is 11.4. The molecule has 2 aromatic heterocycles. The molecule has 0 amide bonds. The van der Waals surface area contributed by atoms with Crippen molar-refractivity contribution in [1.29, 1.82) is 0 Å². The Morgan fingerprint density at radius 1 is 1.50 bits per heavy atom. The maximum atomic E-state index is 12.1. The van der Waals surface area contributed by atoms with Crippen LogP contribution in [-0.2, 0) is 11.3 Å². The number of carboxylic acid groups (broad SMARTS) is 1. The first-order chi connectivity index (χ1) is 9.41. The fraction of sp³-hybridized carbons (Fsp3) is 0.500. The lowest BCUT2D eigenvalue weighted by Crippen LogP contribution is -2.28. The Morgan fingerprint density at radius 3 is 2.80 bits per heavy atom. The van der Waals surface area contributed by atoms with Crippen LogP contribution in [-0.4, -0.2) is 38.7 Å². The first-order valence-electron chi connectivity index (χ1n) is 6.13. The number of aryl methyl sites for hydroxylation is 1. The minimum atomic E-state index is -1.24. The van der Waals surface area contributed by atoms with Crippen LogP contribution < -0.4 is 5.56 Å². The molecule has 0 atom stereocenters. The number of rotatable bonds is 5. The van der Waals surface area contributed by atoms with Crippen molar-refractivity contribution in [3.8, 4) is 0 Å². The molecule has 8 nitrogen and oxygen atoms in total. The Bertz CT molecular complexity index is 701. The van der Waals surface area contributed by atoms with Gasteiger partial charge in [0.15, 0.2) is 11.2 Å². The van der Waals surface area contributed by atoms with Gasteiger partial charge in [-0.25, -0.2) is 9.48 Å². The van der Waals surface area contributed by atoms with E-state index in [-0.39, 0.29) is 41.6 Å². The molecule has 0 aliphatic carbocycles. The molecule has 0 aromatic carbocycles. The van der Waals surface area contributed by atoms with Crippen molar-refractivity contribution < 1.29 is 19.2 Å². The van der Waals surface area contributed by atoms with Crippen molar-refractivity contribution in [1.82, 2.24) is 14.9 Å². The van der Waals surface area contributed by atoms with E-state index >= 15 is 0 Å². The minimum Gasteiger partial charge on any atom is -0.476 e. The minimum absolute atomic E-state index is 0.0164. The molecule has 8 heteroatoms. The Hall–Kier alpha value is -2.22. The van der Waals surface area contributed by atoms with Gasteiger partial charge in [-0.2, -0.15) is 5.10 Å². The largest absolute Gasteiger partial charge is 0.476 e. The number of hydrogen-bond donors (Lipinski definition) is 1. The normalized spacial score (nSPS) is 11.4. The third-order valence-electron chi connectivity index (χ3n) is 2.71. The monoisotopic (exact) mass is 281 g/mol. The van der Waals surface area contributed by atoms with Gasteiger partial charge in [0.1, 0.15) is 5.76 Å². The van der Waals surface area contributed by atoms with E-state index in [1.807, 2.05) is 13.8 Å². The number of aromatic carboxylic acids is 1. The van der Waals surface area contributed by atoms with Gasteiger partial charge in [0.25, 0.3) is 5.56 Å². The van der Waals surface area contributed by atoms with E-state index in [0.29, 0.717) is 0 Å². The highest BCUT2D eigenvalue weighted by Crippen LogP contribution is 2.17. The maximum absolute atomic E-state index is 12.1. The van der Waals surface area contributed by atoms with Crippen LogP contribution in [0, 0.1) is 6.92 Å². The summed E-state index contributed by atoms with van der Waals surface area (Å²) in [6.07, 6.45) is 0.0164. The molecule has 0 saturated carbocycles. The van der Waals surface area contributed by atoms with Gasteiger partial charge in [-0.05, 0) is 20.8 Å². The van der Waals surface area contributed by atoms with Crippen molar-refractivity contribution in [2.75, 3.05) is 6.61 Å². The molecule has 2 heterocycles. The van der Waals surface area contributed by atoms with Gasteiger partial charge in [0.2, 0.25) is 0 Å². The fourth-order valence-corrected chi connectivity index (χ4v) is 1.81. The number of carboxylic acids is 1. The Balaban J connectivity index is 2.48. The smallest absolute Gasteiger partial charge is 0.357 e. The molecule has 20 heavy (non-hydrogen) atoms. The Morgan fingerprint density at radius 2 is 2.20 bits per heavy atom. The maximum Gasteiger partial charge on any atom is 0.357 e. The standard InChI is InChI=1S/C12H15N3O5/c1-6(2)19-5-4-15-11(16)9-8(7(3)20-14-9)10(13-15)12(17)18/h6H,4-5H2,1-3H3,(H,17,18). The molecule has 1 N–H and O–H groups in total. The zero-order chi connectivity index (χ0) is 14.9. The van der Waals surface area contributed by atoms with E-state index in [2.05, 4.69) is 10.3 Å². The number of aromatic nitrogens is 3. The van der Waals surface area contributed by atoms with Gasteiger partial charge in [0, 0.05) is 0 Å². The summed E-state index contributed by atoms with van der Waals surface area (Å²) in [5.74, 6) is -0.979. The molecule has 0 spiro atoms. The molecular weight excluding hydrogens is 266 g/mol. The highest BCUT2D eigenvalue weighted by atomic mass is 16.5. The summed E-state index contributed by atoms with van der Waals surface area (Å²) in [5, 5.41) is 16.8. The van der Waals surface area contributed by atoms with Crippen LogP contribution in [0.15, 0.2) is 9.32 Å². The lowest BCUT2D eigenvalue weighted by atomic mass is 10.2. The van der Waals surface area contributed by atoms with Crippen molar-refractivity contribution in [3.05, 3.63) is 21.8 Å². The summed E-state index contributed by atoms with van der Waals surface area (Å²) >= 11 is 0. The summed E-state index contributed by atoms with van der Waals surface area (Å²) in [5.41, 5.74) is -0.767. The quantitative estimate of drug-likeness (QED) is 0.864. The Kier molecular flexibility index (Phi) is 3.84. The van der Waals surface area contributed by atoms with Crippen LogP contribution in [0.2, 0.25) is 0 Å². The SMILES string of the molecule is Cc1onc2c(=O)n(CCOC(C)C)nc(C(=O)O)c12. The van der Waals surface area contributed by atoms with Crippen molar-refractivity contribution >= 4 is 16.9 Å². The lowest BCUT2D eigenvalue weighted by Gasteiger charge is -2.09. The molecule has 2 rings (SSSR count). The number of nitrogens with zero attached hydrogens (tertiary/aromatic N) is 3. The van der Waals surface area contributed by atoms with E-state index in [0.717, 1.165) is 4.68 Å².